The first-order chi connectivity index (χ1) is 25.9. The summed E-state index contributed by atoms with van der Waals surface area (Å²) in [6.07, 6.45) is -5.47. The number of hydrogen-bond donors (Lipinski definition) is 1. The van der Waals surface area contributed by atoms with Crippen LogP contribution >= 0.6 is 11.8 Å². The average molecular weight is 729 g/mol. The number of H-pyrrole nitrogens is 1. The first-order valence-corrected chi connectivity index (χ1v) is 17.6. The molecule has 0 unspecified atom stereocenters. The molecule has 12 heteroatoms. The van der Waals surface area contributed by atoms with Crippen LogP contribution in [-0.2, 0) is 23.7 Å². The third kappa shape index (κ3) is 8.46. The van der Waals surface area contributed by atoms with Crippen molar-refractivity contribution in [3.05, 3.63) is 168 Å². The quantitative estimate of drug-likeness (QED) is 0.110. The van der Waals surface area contributed by atoms with E-state index in [0.29, 0.717) is 10.7 Å². The summed E-state index contributed by atoms with van der Waals surface area (Å²) in [5, 5.41) is 0.407. The van der Waals surface area contributed by atoms with Crippen LogP contribution in [0, 0.1) is 0 Å². The van der Waals surface area contributed by atoms with Gasteiger partial charge in [0.15, 0.2) is 28.9 Å². The summed E-state index contributed by atoms with van der Waals surface area (Å²) >= 11 is 1.08. The van der Waals surface area contributed by atoms with Gasteiger partial charge in [0.25, 0.3) is 0 Å². The van der Waals surface area contributed by atoms with Crippen molar-refractivity contribution in [1.82, 2.24) is 9.97 Å². The number of imidazole rings is 1. The first kappa shape index (κ1) is 35.2. The molecule has 0 aliphatic carbocycles. The molecular formula is C41H32N2O9S. The largest absolute Gasteiger partial charge is 0.459 e. The molecule has 0 amide bonds. The molecule has 5 aromatic carbocycles. The first-order valence-electron chi connectivity index (χ1n) is 16.7. The van der Waals surface area contributed by atoms with Crippen molar-refractivity contribution >= 4 is 46.7 Å². The Labute approximate surface area is 308 Å². The summed E-state index contributed by atoms with van der Waals surface area (Å²) in [6, 6.07) is 40.5. The number of thioether (sulfide) groups is 1. The van der Waals surface area contributed by atoms with E-state index in [1.54, 1.807) is 121 Å². The van der Waals surface area contributed by atoms with Crippen LogP contribution in [0.2, 0.25) is 0 Å². The molecule has 6 aromatic rings. The number of esters is 4. The Balaban J connectivity index is 1.30. The molecule has 0 radical (unpaired) electrons. The SMILES string of the molecule is O=C(OC[C@H]1O[C@@H](Sc2nc3ccccc3[nH]2)[C@H](OC(=O)c2ccccc2)[C@@H](OC(=O)c2ccccc2)[C@@H]1OC(=O)c1ccccc1)c1ccccc1. The van der Waals surface area contributed by atoms with E-state index >= 15 is 0 Å². The molecule has 1 aliphatic rings. The third-order valence-corrected chi connectivity index (χ3v) is 9.36. The maximum absolute atomic E-state index is 13.8. The van der Waals surface area contributed by atoms with E-state index in [0.717, 1.165) is 17.3 Å². The van der Waals surface area contributed by atoms with Crippen molar-refractivity contribution in [2.24, 2.45) is 0 Å². The molecule has 7 rings (SSSR count). The normalized spacial score (nSPS) is 19.5. The van der Waals surface area contributed by atoms with Crippen LogP contribution in [0.1, 0.15) is 41.4 Å². The lowest BCUT2D eigenvalue weighted by atomic mass is 9.98. The van der Waals surface area contributed by atoms with Crippen LogP contribution in [0.25, 0.3) is 11.0 Å². The minimum absolute atomic E-state index is 0.203. The number of benzene rings is 5. The monoisotopic (exact) mass is 728 g/mol. The number of hydrogen-bond acceptors (Lipinski definition) is 11. The molecule has 1 aromatic heterocycles. The van der Waals surface area contributed by atoms with Crippen molar-refractivity contribution in [3.63, 3.8) is 0 Å². The van der Waals surface area contributed by atoms with Gasteiger partial charge < -0.3 is 28.7 Å². The van der Waals surface area contributed by atoms with E-state index in [4.69, 9.17) is 23.7 Å². The molecule has 11 nitrogen and oxygen atoms in total. The van der Waals surface area contributed by atoms with Gasteiger partial charge >= 0.3 is 23.9 Å². The van der Waals surface area contributed by atoms with Gasteiger partial charge in [-0.15, -0.1) is 0 Å². The van der Waals surface area contributed by atoms with Crippen molar-refractivity contribution in [2.75, 3.05) is 6.61 Å². The lowest BCUT2D eigenvalue weighted by Crippen LogP contribution is -2.61. The number of nitrogens with one attached hydrogen (secondary N) is 1. The second-order valence-electron chi connectivity index (χ2n) is 11.9. The smallest absolute Gasteiger partial charge is 0.338 e. The second kappa shape index (κ2) is 16.4. The van der Waals surface area contributed by atoms with Gasteiger partial charge in [-0.2, -0.15) is 0 Å². The number of aromatic amines is 1. The highest BCUT2D eigenvalue weighted by Gasteiger charge is 2.53. The van der Waals surface area contributed by atoms with Gasteiger partial charge in [0.05, 0.1) is 33.3 Å². The van der Waals surface area contributed by atoms with E-state index in [1.165, 1.54) is 0 Å². The maximum atomic E-state index is 13.8. The zero-order valence-corrected chi connectivity index (χ0v) is 28.8. The molecule has 1 fully saturated rings. The molecule has 0 bridgehead atoms. The Morgan fingerprint density at radius 1 is 0.547 bits per heavy atom. The molecule has 0 saturated carbocycles. The molecule has 1 aliphatic heterocycles. The van der Waals surface area contributed by atoms with Crippen LogP contribution in [0.5, 0.6) is 0 Å². The van der Waals surface area contributed by atoms with Crippen molar-refractivity contribution in [2.45, 2.75) is 35.0 Å². The van der Waals surface area contributed by atoms with Crippen LogP contribution < -0.4 is 0 Å². The van der Waals surface area contributed by atoms with Crippen molar-refractivity contribution in [3.8, 4) is 0 Å². The summed E-state index contributed by atoms with van der Waals surface area (Å²) < 4.78 is 30.7. The van der Waals surface area contributed by atoms with Gasteiger partial charge in [-0.25, -0.2) is 24.2 Å². The Kier molecular flexibility index (Phi) is 10.9. The minimum atomic E-state index is -1.46. The van der Waals surface area contributed by atoms with E-state index in [1.807, 2.05) is 24.3 Å². The fourth-order valence-electron chi connectivity index (χ4n) is 5.72. The van der Waals surface area contributed by atoms with Crippen molar-refractivity contribution < 1.29 is 42.9 Å². The molecule has 5 atom stereocenters. The molecule has 1 N–H and O–H groups in total. The van der Waals surface area contributed by atoms with E-state index < -0.39 is 60.3 Å². The van der Waals surface area contributed by atoms with Gasteiger partial charge in [0, 0.05) is 0 Å². The number of fused-ring (bicyclic) bond motifs is 1. The van der Waals surface area contributed by atoms with Gasteiger partial charge in [-0.05, 0) is 60.7 Å². The molecule has 2 heterocycles. The minimum Gasteiger partial charge on any atom is -0.459 e. The summed E-state index contributed by atoms with van der Waals surface area (Å²) in [5.74, 6) is -2.93. The van der Waals surface area contributed by atoms with Gasteiger partial charge in [0.2, 0.25) is 0 Å². The molecule has 53 heavy (non-hydrogen) atoms. The topological polar surface area (TPSA) is 143 Å². The lowest BCUT2D eigenvalue weighted by Gasteiger charge is -2.44. The third-order valence-electron chi connectivity index (χ3n) is 8.33. The Morgan fingerprint density at radius 3 is 1.49 bits per heavy atom. The number of nitrogens with zero attached hydrogens (tertiary/aromatic N) is 1. The molecule has 0 spiro atoms. The highest BCUT2D eigenvalue weighted by atomic mass is 32.2. The standard InChI is InChI=1S/C41H32N2O9S/c44-36(26-15-5-1-6-16-26)48-25-32-33(50-37(45)27-17-7-2-8-18-27)34(51-38(46)28-19-9-3-10-20-28)35(52-39(47)29-21-11-4-12-22-29)40(49-32)53-41-42-30-23-13-14-24-31(30)43-41/h1-24,32-35,40H,25H2,(H,42,43)/t32-,33-,34+,35-,40+/m1/s1. The second-order valence-corrected chi connectivity index (χ2v) is 13.0. The van der Waals surface area contributed by atoms with Gasteiger partial charge in [0.1, 0.15) is 12.7 Å². The van der Waals surface area contributed by atoms with Crippen LogP contribution in [0.3, 0.4) is 0 Å². The van der Waals surface area contributed by atoms with Crippen LogP contribution in [-0.4, -0.2) is 70.3 Å². The lowest BCUT2D eigenvalue weighted by molar-refractivity contribution is -0.207. The van der Waals surface area contributed by atoms with E-state index in [2.05, 4.69) is 9.97 Å². The Morgan fingerprint density at radius 2 is 0.981 bits per heavy atom. The summed E-state index contributed by atoms with van der Waals surface area (Å²) in [7, 11) is 0. The fourth-order valence-corrected chi connectivity index (χ4v) is 6.80. The van der Waals surface area contributed by atoms with Crippen LogP contribution in [0.15, 0.2) is 151 Å². The van der Waals surface area contributed by atoms with Crippen LogP contribution in [0.4, 0.5) is 0 Å². The summed E-state index contributed by atoms with van der Waals surface area (Å²) in [4.78, 5) is 62.3. The Bertz CT molecular complexity index is 2150. The molecule has 266 valence electrons. The highest BCUT2D eigenvalue weighted by Crippen LogP contribution is 2.38. The Hall–Kier alpha value is -6.24. The number of carbonyl (C=O) groups excluding carboxylic acids is 4. The summed E-state index contributed by atoms with van der Waals surface area (Å²) in [5.41, 5.74) is 1.23. The maximum Gasteiger partial charge on any atom is 0.338 e. The zero-order valence-electron chi connectivity index (χ0n) is 28.0. The van der Waals surface area contributed by atoms with Gasteiger partial charge in [-0.3, -0.25) is 0 Å². The van der Waals surface area contributed by atoms with Crippen molar-refractivity contribution in [1.29, 1.82) is 0 Å². The number of aromatic nitrogens is 2. The number of carbonyl (C=O) groups is 4. The number of para-hydroxylation sites is 2. The number of ether oxygens (including phenoxy) is 5. The van der Waals surface area contributed by atoms with Gasteiger partial charge in [-0.1, -0.05) is 96.7 Å². The van der Waals surface area contributed by atoms with E-state index in [-0.39, 0.29) is 22.3 Å². The van der Waals surface area contributed by atoms with E-state index in [9.17, 15) is 19.2 Å². The summed E-state index contributed by atoms with van der Waals surface area (Å²) in [6.45, 7) is -0.420. The predicted octanol–water partition coefficient (Wildman–Crippen LogP) is 6.91. The fraction of sp³-hybridized carbons (Fsp3) is 0.146. The molecule has 1 saturated heterocycles. The predicted molar refractivity (Wildman–Crippen MR) is 194 cm³/mol. The molecular weight excluding hydrogens is 697 g/mol. The zero-order chi connectivity index (χ0) is 36.6. The average Bonchev–Trinajstić information content (AvgIpc) is 3.63. The number of rotatable bonds is 11. The highest BCUT2D eigenvalue weighted by molar-refractivity contribution is 7.99.